The highest BCUT2D eigenvalue weighted by atomic mass is 32.2. The van der Waals surface area contributed by atoms with Gasteiger partial charge in [-0.25, -0.2) is 4.72 Å². The molecule has 13 nitrogen and oxygen atoms in total. The van der Waals surface area contributed by atoms with E-state index >= 15 is 0 Å². The second-order valence-corrected chi connectivity index (χ2v) is 21.2. The summed E-state index contributed by atoms with van der Waals surface area (Å²) in [6.07, 6.45) is 22.9. The monoisotopic (exact) mass is 871 g/mol. The highest BCUT2D eigenvalue weighted by Crippen LogP contribution is 2.11. The lowest BCUT2D eigenvalue weighted by molar-refractivity contribution is -0.119. The Hall–Kier alpha value is -2.27. The highest BCUT2D eigenvalue weighted by molar-refractivity contribution is 8.00. The molecule has 15 heteroatoms. The lowest BCUT2D eigenvalue weighted by Gasteiger charge is -2.15. The van der Waals surface area contributed by atoms with Crippen molar-refractivity contribution in [3.8, 4) is 0 Å². The molecular formula is C44H86N8O5S2. The number of carbonyl (C=O) groups is 3. The SMILES string of the molecule is C1CCNCC1.C1CCNCC1.C=C1CCCNCC1.C=C1CNCCN1.C=S1(=O)CCCC1.C=S1(=O)CCCN1.O=C1CCCC1.O=C1CCCN1.O=C1CCCN1. The minimum Gasteiger partial charge on any atom is -0.386 e. The maximum absolute atomic E-state index is 10.9. The first kappa shape index (κ1) is 54.7. The summed E-state index contributed by atoms with van der Waals surface area (Å²) in [7, 11) is -3.34. The van der Waals surface area contributed by atoms with Crippen molar-refractivity contribution in [2.24, 2.45) is 0 Å². The Morgan fingerprint density at radius 3 is 1.15 bits per heavy atom. The number of carbonyl (C=O) groups excluding carboxylic acids is 3. The third kappa shape index (κ3) is 37.2. The van der Waals surface area contributed by atoms with Gasteiger partial charge in [-0.3, -0.25) is 22.8 Å². The van der Waals surface area contributed by atoms with Gasteiger partial charge in [0.15, 0.2) is 0 Å². The van der Waals surface area contributed by atoms with E-state index in [-0.39, 0.29) is 11.8 Å². The van der Waals surface area contributed by atoms with E-state index in [9.17, 15) is 22.8 Å². The van der Waals surface area contributed by atoms with E-state index in [0.29, 0.717) is 5.78 Å². The molecule has 59 heavy (non-hydrogen) atoms. The fourth-order valence-electron chi connectivity index (χ4n) is 6.58. The smallest absolute Gasteiger partial charge is 0.220 e. The van der Waals surface area contributed by atoms with Crippen molar-refractivity contribution in [2.45, 2.75) is 128 Å². The molecule has 9 aliphatic rings. The number of ketones is 1. The molecule has 8 saturated heterocycles. The minimum atomic E-state index is -1.80. The van der Waals surface area contributed by atoms with Gasteiger partial charge in [0.2, 0.25) is 11.8 Å². The Morgan fingerprint density at radius 1 is 0.407 bits per heavy atom. The topological polar surface area (TPSA) is 182 Å². The van der Waals surface area contributed by atoms with Gasteiger partial charge >= 0.3 is 0 Å². The molecule has 0 aromatic rings. The molecule has 1 saturated carbocycles. The summed E-state index contributed by atoms with van der Waals surface area (Å²) >= 11 is 0. The van der Waals surface area contributed by atoms with Gasteiger partial charge in [-0.1, -0.05) is 31.6 Å². The van der Waals surface area contributed by atoms with Crippen molar-refractivity contribution >= 4 is 48.6 Å². The van der Waals surface area contributed by atoms with Crippen LogP contribution in [0.4, 0.5) is 0 Å². The number of hydrogen-bond donors (Lipinski definition) is 8. The van der Waals surface area contributed by atoms with Crippen molar-refractivity contribution < 1.29 is 22.8 Å². The molecule has 8 N–H and O–H groups in total. The molecule has 0 aromatic carbocycles. The Kier molecular flexibility index (Phi) is 33.8. The van der Waals surface area contributed by atoms with Crippen LogP contribution in [-0.4, -0.2) is 134 Å². The third-order valence-electron chi connectivity index (χ3n) is 10.2. The summed E-state index contributed by atoms with van der Waals surface area (Å²) in [6.45, 7) is 20.7. The van der Waals surface area contributed by atoms with E-state index in [1.807, 2.05) is 0 Å². The van der Waals surface area contributed by atoms with E-state index in [0.717, 1.165) is 139 Å². The van der Waals surface area contributed by atoms with Gasteiger partial charge in [-0.2, -0.15) is 0 Å². The number of hydrogen-bond acceptors (Lipinski definition) is 10. The predicted octanol–water partition coefficient (Wildman–Crippen LogP) is 3.56. The molecule has 0 spiro atoms. The number of amides is 2. The van der Waals surface area contributed by atoms with Gasteiger partial charge < -0.3 is 37.2 Å². The van der Waals surface area contributed by atoms with Crippen LogP contribution in [-0.2, 0) is 33.6 Å². The molecule has 0 aromatic heterocycles. The van der Waals surface area contributed by atoms with Crippen LogP contribution < -0.4 is 41.9 Å². The molecule has 1 aliphatic carbocycles. The Labute approximate surface area is 360 Å². The largest absolute Gasteiger partial charge is 0.386 e. The predicted molar refractivity (Wildman–Crippen MR) is 254 cm³/mol. The standard InChI is InChI=1S/C7H13N.C5H10N2.2C5H11N.C5H10OS.C5H8O.C4H9NOS.2C4H7NO/c1-7-3-2-5-8-6-4-7;1-5-4-6-2-3-7-5;2*1-2-4-6-5-3-1;1-7(6)4-2-3-5-7;6-5-3-1-2-4-5;1-7(6)4-2-3-5-7;2*6-4-2-1-3-5-4/h8H,1-6H2;6-7H,1-4H2;2*6H,1-5H2;1-5H2;1-4H2;1-4H2,(H,5,6);2*1-3H2,(H,5,6). The number of piperazine rings is 1. The summed E-state index contributed by atoms with van der Waals surface area (Å²) in [5.41, 5.74) is 2.52. The number of piperidine rings is 2. The average Bonchev–Trinajstić information content (AvgIpc) is 4.12. The molecule has 1 unspecified atom stereocenters. The van der Waals surface area contributed by atoms with Gasteiger partial charge in [0.1, 0.15) is 5.78 Å². The molecule has 0 bridgehead atoms. The van der Waals surface area contributed by atoms with Crippen LogP contribution in [0.5, 0.6) is 0 Å². The summed E-state index contributed by atoms with van der Waals surface area (Å²) in [6, 6.07) is 0. The first-order chi connectivity index (χ1) is 28.4. The van der Waals surface area contributed by atoms with Gasteiger partial charge in [0.05, 0.1) is 0 Å². The van der Waals surface area contributed by atoms with Gasteiger partial charge in [0.25, 0.3) is 0 Å². The maximum atomic E-state index is 10.9. The number of Topliss-reactive ketones (excluding diaryl/α,β-unsaturated/α-hetero) is 1. The van der Waals surface area contributed by atoms with Crippen LogP contribution in [0.25, 0.3) is 0 Å². The summed E-state index contributed by atoms with van der Waals surface area (Å²) in [4.78, 5) is 30.5. The number of rotatable bonds is 0. The van der Waals surface area contributed by atoms with Crippen LogP contribution in [0.3, 0.4) is 0 Å². The maximum Gasteiger partial charge on any atom is 0.220 e. The molecule has 9 fully saturated rings. The third-order valence-corrected chi connectivity index (χ3v) is 14.0. The Balaban J connectivity index is 0.000000332. The molecular weight excluding hydrogens is 785 g/mol. The van der Waals surface area contributed by atoms with E-state index in [1.54, 1.807) is 0 Å². The zero-order valence-corrected chi connectivity index (χ0v) is 38.6. The van der Waals surface area contributed by atoms with Gasteiger partial charge in [-0.15, -0.1) is 0 Å². The molecule has 8 aliphatic heterocycles. The van der Waals surface area contributed by atoms with Gasteiger partial charge in [-0.05, 0) is 150 Å². The fraction of sp³-hybridized carbons (Fsp3) is 0.795. The van der Waals surface area contributed by atoms with Crippen molar-refractivity contribution in [2.75, 3.05) is 95.8 Å². The van der Waals surface area contributed by atoms with E-state index < -0.39 is 19.2 Å². The second kappa shape index (κ2) is 36.4. The van der Waals surface area contributed by atoms with E-state index in [4.69, 9.17) is 0 Å². The van der Waals surface area contributed by atoms with E-state index in [2.05, 4.69) is 66.8 Å². The van der Waals surface area contributed by atoms with Crippen LogP contribution in [0, 0.1) is 0 Å². The molecule has 2 amide bonds. The minimum absolute atomic E-state index is 0.204. The lowest BCUT2D eigenvalue weighted by Crippen LogP contribution is -2.37. The van der Waals surface area contributed by atoms with Crippen LogP contribution in [0.2, 0.25) is 0 Å². The summed E-state index contributed by atoms with van der Waals surface area (Å²) < 4.78 is 24.5. The Morgan fingerprint density at radius 2 is 0.915 bits per heavy atom. The normalized spacial score (nSPS) is 25.3. The van der Waals surface area contributed by atoms with Crippen molar-refractivity contribution in [3.05, 3.63) is 24.4 Å². The van der Waals surface area contributed by atoms with Crippen molar-refractivity contribution in [3.63, 3.8) is 0 Å². The number of nitrogens with one attached hydrogen (secondary N) is 8. The highest BCUT2D eigenvalue weighted by Gasteiger charge is 2.11. The zero-order valence-electron chi connectivity index (χ0n) is 36.9. The van der Waals surface area contributed by atoms with Crippen molar-refractivity contribution in [1.29, 1.82) is 0 Å². The molecule has 0 radical (unpaired) electrons. The molecule has 8 heterocycles. The molecule has 9 rings (SSSR count). The van der Waals surface area contributed by atoms with Crippen LogP contribution >= 0.6 is 0 Å². The summed E-state index contributed by atoms with van der Waals surface area (Å²) in [5, 5.41) is 21.5. The Bertz CT molecular complexity index is 1180. The average molecular weight is 871 g/mol. The second-order valence-electron chi connectivity index (χ2n) is 16.2. The first-order valence-corrected chi connectivity index (χ1v) is 26.7. The lowest BCUT2D eigenvalue weighted by atomic mass is 10.1. The zero-order chi connectivity index (χ0) is 43.3. The van der Waals surface area contributed by atoms with Gasteiger partial charge in [0, 0.05) is 97.6 Å². The quantitative estimate of drug-likeness (QED) is 0.133. The molecule has 1 atom stereocenters. The van der Waals surface area contributed by atoms with Crippen LogP contribution in [0.1, 0.15) is 128 Å². The van der Waals surface area contributed by atoms with E-state index in [1.165, 1.54) is 96.1 Å². The molecule has 344 valence electrons. The fourth-order valence-corrected chi connectivity index (χ4v) is 9.52. The van der Waals surface area contributed by atoms with Crippen molar-refractivity contribution in [1.82, 2.24) is 41.9 Å². The summed E-state index contributed by atoms with van der Waals surface area (Å²) in [5.74, 6) is 10.4. The van der Waals surface area contributed by atoms with Crippen LogP contribution in [0.15, 0.2) is 24.4 Å². The first-order valence-electron chi connectivity index (χ1n) is 22.8.